The van der Waals surface area contributed by atoms with Crippen LogP contribution in [0, 0.1) is 6.07 Å². The first kappa shape index (κ1) is 10.1. The van der Waals surface area contributed by atoms with Crippen LogP contribution >= 0.6 is 0 Å². The molecule has 0 fully saturated rings. The second-order valence-corrected chi connectivity index (χ2v) is 2.64. The van der Waals surface area contributed by atoms with Crippen LogP contribution in [0.15, 0.2) is 24.3 Å². The topological polar surface area (TPSA) is 18.5 Å². The molecule has 1 radical (unpaired) electrons. The normalized spacial score (nSPS) is 9.92. The van der Waals surface area contributed by atoms with Crippen molar-refractivity contribution in [2.24, 2.45) is 0 Å². The Labute approximate surface area is 79.5 Å². The number of hydrogen-bond donors (Lipinski definition) is 0. The Kier molecular flexibility index (Phi) is 5.02. The Morgan fingerprint density at radius 1 is 1.38 bits per heavy atom. The minimum atomic E-state index is 0.706. The smallest absolute Gasteiger partial charge is 0.119 e. The van der Waals surface area contributed by atoms with E-state index in [1.54, 1.807) is 0 Å². The minimum Gasteiger partial charge on any atom is -0.493 e. The zero-order valence-electron chi connectivity index (χ0n) is 7.95. The Hall–Kier alpha value is -1.02. The van der Waals surface area contributed by atoms with E-state index >= 15 is 0 Å². The molecule has 0 aliphatic heterocycles. The van der Waals surface area contributed by atoms with Crippen molar-refractivity contribution in [2.75, 3.05) is 19.8 Å². The molecule has 0 bridgehead atoms. The molecule has 0 aliphatic carbocycles. The van der Waals surface area contributed by atoms with Gasteiger partial charge in [0.1, 0.15) is 5.75 Å². The molecule has 0 amide bonds. The van der Waals surface area contributed by atoms with Crippen LogP contribution in [-0.2, 0) is 4.74 Å². The van der Waals surface area contributed by atoms with Gasteiger partial charge < -0.3 is 9.47 Å². The van der Waals surface area contributed by atoms with Gasteiger partial charge in [0, 0.05) is 19.6 Å². The summed E-state index contributed by atoms with van der Waals surface area (Å²) in [6.45, 7) is 4.25. The standard InChI is InChI=1S/C11H15O2/c1-2-12-9-6-10-13-11-7-4-3-5-8-11/h3-4,7-8H,2,6,9-10H2,1H3. The van der Waals surface area contributed by atoms with Crippen molar-refractivity contribution in [3.63, 3.8) is 0 Å². The van der Waals surface area contributed by atoms with Crippen LogP contribution in [0.25, 0.3) is 0 Å². The predicted octanol–water partition coefficient (Wildman–Crippen LogP) is 2.29. The molecule has 71 valence electrons. The number of hydrogen-bond acceptors (Lipinski definition) is 2. The molecule has 2 nitrogen and oxygen atoms in total. The van der Waals surface area contributed by atoms with E-state index in [1.807, 2.05) is 31.2 Å². The minimum absolute atomic E-state index is 0.706. The van der Waals surface area contributed by atoms with E-state index in [4.69, 9.17) is 9.47 Å². The number of ether oxygens (including phenoxy) is 2. The third kappa shape index (κ3) is 4.53. The lowest BCUT2D eigenvalue weighted by Gasteiger charge is -2.05. The van der Waals surface area contributed by atoms with Gasteiger partial charge >= 0.3 is 0 Å². The summed E-state index contributed by atoms with van der Waals surface area (Å²) in [5.41, 5.74) is 0. The largest absolute Gasteiger partial charge is 0.493 e. The lowest BCUT2D eigenvalue weighted by atomic mass is 10.3. The molecule has 1 rings (SSSR count). The van der Waals surface area contributed by atoms with E-state index in [0.717, 1.165) is 25.4 Å². The van der Waals surface area contributed by atoms with Gasteiger partial charge in [-0.2, -0.15) is 0 Å². The van der Waals surface area contributed by atoms with Crippen molar-refractivity contribution in [1.82, 2.24) is 0 Å². The molecule has 0 aliphatic rings. The fourth-order valence-corrected chi connectivity index (χ4v) is 0.962. The van der Waals surface area contributed by atoms with Crippen LogP contribution in [0.5, 0.6) is 5.75 Å². The van der Waals surface area contributed by atoms with Crippen LogP contribution < -0.4 is 4.74 Å². The molecule has 0 aromatic heterocycles. The van der Waals surface area contributed by atoms with Crippen molar-refractivity contribution < 1.29 is 9.47 Å². The first-order valence-electron chi connectivity index (χ1n) is 4.60. The summed E-state index contributed by atoms with van der Waals surface area (Å²) in [7, 11) is 0. The third-order valence-corrected chi connectivity index (χ3v) is 1.58. The molecule has 1 aromatic carbocycles. The van der Waals surface area contributed by atoms with Gasteiger partial charge in [-0.1, -0.05) is 12.1 Å². The molecule has 13 heavy (non-hydrogen) atoms. The van der Waals surface area contributed by atoms with E-state index in [2.05, 4.69) is 6.07 Å². The lowest BCUT2D eigenvalue weighted by Crippen LogP contribution is -2.02. The maximum Gasteiger partial charge on any atom is 0.119 e. The maximum atomic E-state index is 5.44. The van der Waals surface area contributed by atoms with Gasteiger partial charge in [-0.05, 0) is 25.1 Å². The lowest BCUT2D eigenvalue weighted by molar-refractivity contribution is 0.131. The van der Waals surface area contributed by atoms with Gasteiger partial charge in [0.2, 0.25) is 0 Å². The summed E-state index contributed by atoms with van der Waals surface area (Å²) < 4.78 is 10.6. The zero-order valence-corrected chi connectivity index (χ0v) is 7.95. The summed E-state index contributed by atoms with van der Waals surface area (Å²) in [5.74, 6) is 0.874. The number of rotatable bonds is 6. The molecule has 0 saturated carbocycles. The summed E-state index contributed by atoms with van der Waals surface area (Å²) in [6, 6.07) is 10.5. The highest BCUT2D eigenvalue weighted by molar-refractivity contribution is 5.19. The fourth-order valence-electron chi connectivity index (χ4n) is 0.962. The SMILES string of the molecule is CCOCCCOc1c[c]ccc1. The molecular weight excluding hydrogens is 164 g/mol. The van der Waals surface area contributed by atoms with Crippen molar-refractivity contribution in [3.8, 4) is 5.75 Å². The highest BCUT2D eigenvalue weighted by atomic mass is 16.5. The van der Waals surface area contributed by atoms with Crippen molar-refractivity contribution in [2.45, 2.75) is 13.3 Å². The van der Waals surface area contributed by atoms with Crippen molar-refractivity contribution in [3.05, 3.63) is 30.3 Å². The van der Waals surface area contributed by atoms with E-state index in [9.17, 15) is 0 Å². The van der Waals surface area contributed by atoms with E-state index < -0.39 is 0 Å². The first-order chi connectivity index (χ1) is 6.43. The average molecular weight is 179 g/mol. The summed E-state index contributed by atoms with van der Waals surface area (Å²) in [4.78, 5) is 0. The molecule has 0 spiro atoms. The maximum absolute atomic E-state index is 5.44. The van der Waals surface area contributed by atoms with Crippen molar-refractivity contribution >= 4 is 0 Å². The second-order valence-electron chi connectivity index (χ2n) is 2.64. The van der Waals surface area contributed by atoms with E-state index in [1.165, 1.54) is 0 Å². The monoisotopic (exact) mass is 179 g/mol. The quantitative estimate of drug-likeness (QED) is 0.624. The van der Waals surface area contributed by atoms with Gasteiger partial charge in [-0.15, -0.1) is 0 Å². The van der Waals surface area contributed by atoms with E-state index in [0.29, 0.717) is 6.61 Å². The van der Waals surface area contributed by atoms with Gasteiger partial charge in [0.15, 0.2) is 0 Å². The molecule has 0 unspecified atom stereocenters. The summed E-state index contributed by atoms with van der Waals surface area (Å²) in [5, 5.41) is 0. The van der Waals surface area contributed by atoms with Gasteiger partial charge in [-0.3, -0.25) is 0 Å². The Bertz CT molecular complexity index is 209. The highest BCUT2D eigenvalue weighted by Crippen LogP contribution is 2.07. The van der Waals surface area contributed by atoms with Gasteiger partial charge in [-0.25, -0.2) is 0 Å². The van der Waals surface area contributed by atoms with Crippen molar-refractivity contribution in [1.29, 1.82) is 0 Å². The predicted molar refractivity (Wildman–Crippen MR) is 51.9 cm³/mol. The van der Waals surface area contributed by atoms with Crippen LogP contribution in [0.4, 0.5) is 0 Å². The molecule has 1 aromatic rings. The molecule has 0 N–H and O–H groups in total. The molecule has 2 heteroatoms. The van der Waals surface area contributed by atoms with E-state index in [-0.39, 0.29) is 0 Å². The highest BCUT2D eigenvalue weighted by Gasteiger charge is 1.91. The third-order valence-electron chi connectivity index (χ3n) is 1.58. The molecular formula is C11H15O2. The van der Waals surface area contributed by atoms with Crippen LogP contribution in [0.2, 0.25) is 0 Å². The Balaban J connectivity index is 2.07. The fraction of sp³-hybridized carbons (Fsp3) is 0.455. The first-order valence-corrected chi connectivity index (χ1v) is 4.60. The summed E-state index contributed by atoms with van der Waals surface area (Å²) >= 11 is 0. The van der Waals surface area contributed by atoms with Gasteiger partial charge in [0.25, 0.3) is 0 Å². The van der Waals surface area contributed by atoms with Crippen LogP contribution in [0.1, 0.15) is 13.3 Å². The van der Waals surface area contributed by atoms with Gasteiger partial charge in [0.05, 0.1) is 6.61 Å². The average Bonchev–Trinajstić information content (AvgIpc) is 2.19. The number of benzene rings is 1. The Morgan fingerprint density at radius 2 is 2.31 bits per heavy atom. The van der Waals surface area contributed by atoms with Crippen LogP contribution in [-0.4, -0.2) is 19.8 Å². The second kappa shape index (κ2) is 6.49. The summed E-state index contributed by atoms with van der Waals surface area (Å²) in [6.07, 6.45) is 0.933. The Morgan fingerprint density at radius 3 is 3.00 bits per heavy atom. The molecule has 0 heterocycles. The zero-order chi connectivity index (χ0) is 9.36. The van der Waals surface area contributed by atoms with Crippen LogP contribution in [0.3, 0.4) is 0 Å². The molecule has 0 atom stereocenters. The molecule has 0 saturated heterocycles.